The number of nitrogens with one attached hydrogen (secondary N) is 1. The Bertz CT molecular complexity index is 418. The first-order valence-electron chi connectivity index (χ1n) is 8.14. The van der Waals surface area contributed by atoms with E-state index in [4.69, 9.17) is 0 Å². The molecule has 20 heavy (non-hydrogen) atoms. The van der Waals surface area contributed by atoms with Gasteiger partial charge in [0.2, 0.25) is 0 Å². The molecule has 1 aromatic rings. The van der Waals surface area contributed by atoms with Crippen LogP contribution in [0.4, 0.5) is 0 Å². The van der Waals surface area contributed by atoms with Crippen molar-refractivity contribution < 1.29 is 0 Å². The molecule has 0 saturated heterocycles. The van der Waals surface area contributed by atoms with E-state index in [1.165, 1.54) is 24.0 Å². The molecule has 1 fully saturated rings. The van der Waals surface area contributed by atoms with Crippen LogP contribution >= 0.6 is 0 Å². The zero-order chi connectivity index (χ0) is 14.9. The van der Waals surface area contributed by atoms with Crippen molar-refractivity contribution in [1.29, 1.82) is 0 Å². The summed E-state index contributed by atoms with van der Waals surface area (Å²) in [6, 6.07) is 10.3. The molecule has 0 bridgehead atoms. The minimum Gasteiger partial charge on any atom is -0.307 e. The van der Waals surface area contributed by atoms with Crippen LogP contribution in [-0.2, 0) is 5.41 Å². The van der Waals surface area contributed by atoms with Crippen molar-refractivity contribution >= 4 is 0 Å². The maximum Gasteiger partial charge on any atom is 0.0294 e. The average molecular weight is 273 g/mol. The summed E-state index contributed by atoms with van der Waals surface area (Å²) in [6.07, 6.45) is 2.70. The van der Waals surface area contributed by atoms with Crippen molar-refractivity contribution in [2.75, 3.05) is 0 Å². The third-order valence-corrected chi connectivity index (χ3v) is 4.88. The Labute approximate surface area is 125 Å². The van der Waals surface area contributed by atoms with Gasteiger partial charge in [-0.1, -0.05) is 58.9 Å². The molecule has 0 radical (unpaired) electrons. The Morgan fingerprint density at radius 1 is 1.00 bits per heavy atom. The van der Waals surface area contributed by atoms with E-state index < -0.39 is 0 Å². The Kier molecular flexibility index (Phi) is 4.59. The fourth-order valence-corrected chi connectivity index (χ4v) is 3.06. The van der Waals surface area contributed by atoms with Gasteiger partial charge >= 0.3 is 0 Å². The average Bonchev–Trinajstić information content (AvgIpc) is 2.31. The fraction of sp³-hybridized carbons (Fsp3) is 0.684. The molecule has 0 aliphatic heterocycles. The zero-order valence-electron chi connectivity index (χ0n) is 14.0. The van der Waals surface area contributed by atoms with E-state index in [2.05, 4.69) is 71.1 Å². The highest BCUT2D eigenvalue weighted by Crippen LogP contribution is 2.35. The van der Waals surface area contributed by atoms with Gasteiger partial charge in [-0.25, -0.2) is 0 Å². The van der Waals surface area contributed by atoms with Gasteiger partial charge in [0.05, 0.1) is 0 Å². The smallest absolute Gasteiger partial charge is 0.0294 e. The first kappa shape index (κ1) is 15.6. The minimum absolute atomic E-state index is 0.244. The molecule has 1 N–H and O–H groups in total. The van der Waals surface area contributed by atoms with Gasteiger partial charge in [0.1, 0.15) is 0 Å². The van der Waals surface area contributed by atoms with Crippen molar-refractivity contribution in [3.63, 3.8) is 0 Å². The molecule has 1 aliphatic rings. The number of hydrogen-bond acceptors (Lipinski definition) is 1. The highest BCUT2D eigenvalue weighted by molar-refractivity contribution is 5.29. The fourth-order valence-electron chi connectivity index (χ4n) is 3.06. The van der Waals surface area contributed by atoms with Crippen molar-refractivity contribution in [2.24, 2.45) is 11.8 Å². The van der Waals surface area contributed by atoms with Gasteiger partial charge in [0.25, 0.3) is 0 Å². The SMILES string of the molecule is CC(NC1CC(C(C)C)C1)c1ccc(C(C)(C)C)cc1. The van der Waals surface area contributed by atoms with Crippen LogP contribution in [0.15, 0.2) is 24.3 Å². The van der Waals surface area contributed by atoms with Gasteiger partial charge < -0.3 is 5.32 Å². The third-order valence-electron chi connectivity index (χ3n) is 4.88. The van der Waals surface area contributed by atoms with Crippen molar-refractivity contribution in [1.82, 2.24) is 5.32 Å². The summed E-state index contributed by atoms with van der Waals surface area (Å²) in [5, 5.41) is 3.78. The first-order chi connectivity index (χ1) is 9.27. The van der Waals surface area contributed by atoms with Crippen LogP contribution in [-0.4, -0.2) is 6.04 Å². The molecule has 1 saturated carbocycles. The molecule has 112 valence electrons. The normalized spacial score (nSPS) is 24.6. The summed E-state index contributed by atoms with van der Waals surface area (Å²) in [6.45, 7) is 13.8. The van der Waals surface area contributed by atoms with Crippen LogP contribution in [0, 0.1) is 11.8 Å². The Hall–Kier alpha value is -0.820. The standard InChI is InChI=1S/C19H31N/c1-13(2)16-11-18(12-16)20-14(3)15-7-9-17(10-8-15)19(4,5)6/h7-10,13-14,16,18,20H,11-12H2,1-6H3. The van der Waals surface area contributed by atoms with Gasteiger partial charge in [0, 0.05) is 12.1 Å². The van der Waals surface area contributed by atoms with E-state index in [0.29, 0.717) is 6.04 Å². The monoisotopic (exact) mass is 273 g/mol. The molecule has 1 nitrogen and oxygen atoms in total. The molecular weight excluding hydrogens is 242 g/mol. The lowest BCUT2D eigenvalue weighted by atomic mass is 9.73. The lowest BCUT2D eigenvalue weighted by Gasteiger charge is -2.40. The highest BCUT2D eigenvalue weighted by atomic mass is 15.0. The van der Waals surface area contributed by atoms with Crippen LogP contribution in [0.2, 0.25) is 0 Å². The van der Waals surface area contributed by atoms with Crippen molar-refractivity contribution in [3.05, 3.63) is 35.4 Å². The van der Waals surface area contributed by atoms with E-state index in [0.717, 1.165) is 17.9 Å². The van der Waals surface area contributed by atoms with Gasteiger partial charge in [-0.2, -0.15) is 0 Å². The Morgan fingerprint density at radius 3 is 2.00 bits per heavy atom. The van der Waals surface area contributed by atoms with Crippen LogP contribution < -0.4 is 5.32 Å². The molecule has 0 spiro atoms. The summed E-state index contributed by atoms with van der Waals surface area (Å²) in [5.41, 5.74) is 3.07. The second-order valence-corrected chi connectivity index (χ2v) is 7.93. The lowest BCUT2D eigenvalue weighted by Crippen LogP contribution is -2.43. The second kappa shape index (κ2) is 5.89. The zero-order valence-corrected chi connectivity index (χ0v) is 14.0. The summed E-state index contributed by atoms with van der Waals surface area (Å²) in [7, 11) is 0. The van der Waals surface area contributed by atoms with Gasteiger partial charge in [-0.05, 0) is 48.1 Å². The van der Waals surface area contributed by atoms with Gasteiger partial charge in [-0.15, -0.1) is 0 Å². The molecule has 1 unspecified atom stereocenters. The maximum atomic E-state index is 3.78. The topological polar surface area (TPSA) is 12.0 Å². The van der Waals surface area contributed by atoms with Gasteiger partial charge in [0.15, 0.2) is 0 Å². The van der Waals surface area contributed by atoms with Crippen LogP contribution in [0.1, 0.15) is 71.6 Å². The lowest BCUT2D eigenvalue weighted by molar-refractivity contribution is 0.159. The van der Waals surface area contributed by atoms with E-state index in [1.54, 1.807) is 0 Å². The first-order valence-corrected chi connectivity index (χ1v) is 8.14. The molecule has 2 rings (SSSR count). The molecule has 1 atom stereocenters. The predicted octanol–water partition coefficient (Wildman–Crippen LogP) is 5.07. The van der Waals surface area contributed by atoms with Crippen LogP contribution in [0.25, 0.3) is 0 Å². The molecule has 0 amide bonds. The molecule has 0 aromatic heterocycles. The van der Waals surface area contributed by atoms with E-state index in [-0.39, 0.29) is 5.41 Å². The van der Waals surface area contributed by atoms with Crippen LogP contribution in [0.5, 0.6) is 0 Å². The van der Waals surface area contributed by atoms with Crippen LogP contribution in [0.3, 0.4) is 0 Å². The van der Waals surface area contributed by atoms with E-state index >= 15 is 0 Å². The van der Waals surface area contributed by atoms with Gasteiger partial charge in [-0.3, -0.25) is 0 Å². The molecule has 1 heteroatoms. The van der Waals surface area contributed by atoms with Crippen molar-refractivity contribution in [2.45, 2.75) is 71.9 Å². The summed E-state index contributed by atoms with van der Waals surface area (Å²) in [4.78, 5) is 0. The molecule has 1 aromatic carbocycles. The van der Waals surface area contributed by atoms with E-state index in [9.17, 15) is 0 Å². The van der Waals surface area contributed by atoms with E-state index in [1.807, 2.05) is 0 Å². The summed E-state index contributed by atoms with van der Waals surface area (Å²) in [5.74, 6) is 1.78. The highest BCUT2D eigenvalue weighted by Gasteiger charge is 2.31. The predicted molar refractivity (Wildman–Crippen MR) is 88.0 cm³/mol. The number of benzene rings is 1. The second-order valence-electron chi connectivity index (χ2n) is 7.93. The summed E-state index contributed by atoms with van der Waals surface area (Å²) >= 11 is 0. The molecule has 0 heterocycles. The Balaban J connectivity index is 1.89. The summed E-state index contributed by atoms with van der Waals surface area (Å²) < 4.78 is 0. The largest absolute Gasteiger partial charge is 0.307 e. The third kappa shape index (κ3) is 3.63. The van der Waals surface area contributed by atoms with Crippen molar-refractivity contribution in [3.8, 4) is 0 Å². The minimum atomic E-state index is 0.244. The number of rotatable bonds is 4. The molecular formula is C19H31N. The number of hydrogen-bond donors (Lipinski definition) is 1. The molecule has 1 aliphatic carbocycles. The Morgan fingerprint density at radius 2 is 1.55 bits per heavy atom. The maximum absolute atomic E-state index is 3.78. The quantitative estimate of drug-likeness (QED) is 0.807.